The zero-order chi connectivity index (χ0) is 25.0. The third-order valence-corrected chi connectivity index (χ3v) is 7.15. The second-order valence-corrected chi connectivity index (χ2v) is 9.34. The molecule has 0 atom stereocenters. The number of aromatic amines is 1. The summed E-state index contributed by atoms with van der Waals surface area (Å²) in [5.41, 5.74) is 3.59. The number of anilines is 2. The smallest absolute Gasteiger partial charge is 0.369 e. The molecule has 4 aromatic rings. The zero-order valence-corrected chi connectivity index (χ0v) is 19.3. The lowest BCUT2D eigenvalue weighted by Gasteiger charge is -2.35. The van der Waals surface area contributed by atoms with Crippen molar-refractivity contribution in [3.63, 3.8) is 0 Å². The number of halogens is 3. The summed E-state index contributed by atoms with van der Waals surface area (Å²) in [5, 5.41) is 5.67. The predicted octanol–water partition coefficient (Wildman–Crippen LogP) is 4.37. The Morgan fingerprint density at radius 2 is 1.69 bits per heavy atom. The number of aromatic nitrogens is 1. The van der Waals surface area contributed by atoms with Crippen molar-refractivity contribution < 1.29 is 18.0 Å². The lowest BCUT2D eigenvalue weighted by atomic mass is 10.1. The summed E-state index contributed by atoms with van der Waals surface area (Å²) < 4.78 is 38.4. The monoisotopic (exact) mass is 492 g/mol. The Hall–Kier alpha value is -3.85. The molecule has 0 bridgehead atoms. The van der Waals surface area contributed by atoms with Crippen molar-refractivity contribution in [1.82, 2.24) is 9.88 Å². The molecule has 6 nitrogen and oxygen atoms in total. The molecule has 1 amide bonds. The van der Waals surface area contributed by atoms with E-state index < -0.39 is 11.7 Å². The van der Waals surface area contributed by atoms with Crippen LogP contribution in [0.4, 0.5) is 24.5 Å². The van der Waals surface area contributed by atoms with Crippen LogP contribution in [0.5, 0.6) is 0 Å². The summed E-state index contributed by atoms with van der Waals surface area (Å²) >= 11 is 0. The number of carbonyl (C=O) groups excluding carboxylic acids is 1. The van der Waals surface area contributed by atoms with Gasteiger partial charge >= 0.3 is 6.18 Å². The SMILES string of the molecule is O=C(CN1CCN(c2ccc(C(F)(F)F)cc2)CC1)Nc1ccc2[nH]c(=O)c3cccc4c3c2c1C4. The molecule has 1 saturated heterocycles. The number of rotatable bonds is 4. The van der Waals surface area contributed by atoms with Crippen LogP contribution in [0.3, 0.4) is 0 Å². The summed E-state index contributed by atoms with van der Waals surface area (Å²) in [7, 11) is 0. The number of hydrogen-bond donors (Lipinski definition) is 2. The molecular formula is C27H23F3N4O2. The average molecular weight is 493 g/mol. The topological polar surface area (TPSA) is 68.4 Å². The van der Waals surface area contributed by atoms with E-state index in [9.17, 15) is 22.8 Å². The summed E-state index contributed by atoms with van der Waals surface area (Å²) in [5.74, 6) is -0.120. The number of nitrogens with zero attached hydrogens (tertiary/aromatic N) is 2. The van der Waals surface area contributed by atoms with Crippen LogP contribution < -0.4 is 15.8 Å². The third-order valence-electron chi connectivity index (χ3n) is 7.15. The van der Waals surface area contributed by atoms with E-state index in [0.717, 1.165) is 50.9 Å². The van der Waals surface area contributed by atoms with Gasteiger partial charge in [0.05, 0.1) is 12.1 Å². The molecule has 2 heterocycles. The van der Waals surface area contributed by atoms with Crippen LogP contribution >= 0.6 is 0 Å². The third kappa shape index (κ3) is 3.89. The molecule has 3 aromatic carbocycles. The Balaban J connectivity index is 1.12. The van der Waals surface area contributed by atoms with Gasteiger partial charge in [-0.15, -0.1) is 0 Å². The minimum Gasteiger partial charge on any atom is -0.369 e. The van der Waals surface area contributed by atoms with Crippen LogP contribution in [-0.4, -0.2) is 48.5 Å². The first kappa shape index (κ1) is 22.6. The average Bonchev–Trinajstić information content (AvgIpc) is 3.26. The van der Waals surface area contributed by atoms with Crippen molar-refractivity contribution in [3.8, 4) is 0 Å². The number of nitrogens with one attached hydrogen (secondary N) is 2. The molecule has 2 aliphatic rings. The van der Waals surface area contributed by atoms with E-state index in [2.05, 4.69) is 10.3 Å². The van der Waals surface area contributed by atoms with Crippen molar-refractivity contribution in [2.45, 2.75) is 12.6 Å². The number of carbonyl (C=O) groups is 1. The molecule has 1 fully saturated rings. The van der Waals surface area contributed by atoms with E-state index in [1.807, 2.05) is 40.1 Å². The normalized spacial score (nSPS) is 15.8. The van der Waals surface area contributed by atoms with E-state index in [-0.39, 0.29) is 18.0 Å². The Morgan fingerprint density at radius 3 is 2.42 bits per heavy atom. The summed E-state index contributed by atoms with van der Waals surface area (Å²) in [4.78, 5) is 32.4. The first-order valence-electron chi connectivity index (χ1n) is 11.8. The van der Waals surface area contributed by atoms with Gasteiger partial charge in [0.25, 0.3) is 5.56 Å². The van der Waals surface area contributed by atoms with Gasteiger partial charge in [-0.3, -0.25) is 14.5 Å². The van der Waals surface area contributed by atoms with Crippen LogP contribution in [0.2, 0.25) is 0 Å². The van der Waals surface area contributed by atoms with E-state index in [4.69, 9.17) is 0 Å². The highest BCUT2D eigenvalue weighted by Crippen LogP contribution is 2.39. The quantitative estimate of drug-likeness (QED) is 0.366. The molecule has 0 radical (unpaired) electrons. The first-order valence-corrected chi connectivity index (χ1v) is 11.8. The molecule has 0 saturated carbocycles. The second kappa shape index (κ2) is 8.37. The van der Waals surface area contributed by atoms with Crippen molar-refractivity contribution in [2.24, 2.45) is 0 Å². The molecule has 6 rings (SSSR count). The number of hydrogen-bond acceptors (Lipinski definition) is 4. The van der Waals surface area contributed by atoms with Crippen LogP contribution in [-0.2, 0) is 17.4 Å². The van der Waals surface area contributed by atoms with Crippen molar-refractivity contribution in [3.05, 3.63) is 81.6 Å². The minimum atomic E-state index is -4.35. The summed E-state index contributed by atoms with van der Waals surface area (Å²) in [6, 6.07) is 14.6. The summed E-state index contributed by atoms with van der Waals surface area (Å²) in [6.07, 6.45) is -3.69. The summed E-state index contributed by atoms with van der Waals surface area (Å²) in [6.45, 7) is 2.74. The van der Waals surface area contributed by atoms with Gasteiger partial charge in [-0.05, 0) is 53.6 Å². The van der Waals surface area contributed by atoms with Gasteiger partial charge in [0.15, 0.2) is 0 Å². The minimum absolute atomic E-state index is 0.112. The second-order valence-electron chi connectivity index (χ2n) is 9.34. The zero-order valence-electron chi connectivity index (χ0n) is 19.3. The van der Waals surface area contributed by atoms with Gasteiger partial charge < -0.3 is 15.2 Å². The van der Waals surface area contributed by atoms with Gasteiger partial charge in [-0.1, -0.05) is 12.1 Å². The van der Waals surface area contributed by atoms with Gasteiger partial charge in [0.1, 0.15) is 0 Å². The highest BCUT2D eigenvalue weighted by Gasteiger charge is 2.30. The maximum Gasteiger partial charge on any atom is 0.416 e. The van der Waals surface area contributed by atoms with Crippen molar-refractivity contribution in [2.75, 3.05) is 42.9 Å². The first-order chi connectivity index (χ1) is 17.3. The molecule has 2 N–H and O–H groups in total. The largest absolute Gasteiger partial charge is 0.416 e. The fraction of sp³-hybridized carbons (Fsp3) is 0.259. The fourth-order valence-electron chi connectivity index (χ4n) is 5.37. The predicted molar refractivity (Wildman–Crippen MR) is 134 cm³/mol. The van der Waals surface area contributed by atoms with Gasteiger partial charge in [0.2, 0.25) is 5.91 Å². The molecule has 184 valence electrons. The molecule has 0 spiro atoms. The Bertz CT molecular complexity index is 1550. The maximum atomic E-state index is 12.9. The van der Waals surface area contributed by atoms with Crippen molar-refractivity contribution >= 4 is 39.0 Å². The highest BCUT2D eigenvalue weighted by molar-refractivity contribution is 6.14. The van der Waals surface area contributed by atoms with E-state index in [1.165, 1.54) is 12.1 Å². The lowest BCUT2D eigenvalue weighted by Crippen LogP contribution is -2.48. The number of pyridine rings is 1. The number of piperazine rings is 1. The Labute approximate surface area is 204 Å². The lowest BCUT2D eigenvalue weighted by molar-refractivity contribution is -0.137. The molecule has 1 aromatic heterocycles. The van der Waals surface area contributed by atoms with E-state index >= 15 is 0 Å². The highest BCUT2D eigenvalue weighted by atomic mass is 19.4. The molecule has 1 aliphatic carbocycles. The number of benzene rings is 3. The maximum absolute atomic E-state index is 12.9. The fourth-order valence-corrected chi connectivity index (χ4v) is 5.37. The van der Waals surface area contributed by atoms with Gasteiger partial charge in [0, 0.05) is 65.6 Å². The van der Waals surface area contributed by atoms with Crippen LogP contribution in [0.1, 0.15) is 16.7 Å². The van der Waals surface area contributed by atoms with Gasteiger partial charge in [-0.25, -0.2) is 0 Å². The Morgan fingerprint density at radius 1 is 0.944 bits per heavy atom. The van der Waals surface area contributed by atoms with Crippen LogP contribution in [0.15, 0.2) is 59.4 Å². The van der Waals surface area contributed by atoms with Crippen molar-refractivity contribution in [1.29, 1.82) is 0 Å². The molecular weight excluding hydrogens is 469 g/mol. The Kier molecular flexibility index (Phi) is 5.26. The number of alkyl halides is 3. The van der Waals surface area contributed by atoms with E-state index in [0.29, 0.717) is 38.0 Å². The molecule has 0 unspecified atom stereocenters. The molecule has 9 heteroatoms. The van der Waals surface area contributed by atoms with Gasteiger partial charge in [-0.2, -0.15) is 13.2 Å². The van der Waals surface area contributed by atoms with E-state index in [1.54, 1.807) is 0 Å². The molecule has 36 heavy (non-hydrogen) atoms. The van der Waals surface area contributed by atoms with Crippen LogP contribution in [0, 0.1) is 0 Å². The number of amides is 1. The van der Waals surface area contributed by atoms with Crippen LogP contribution in [0.25, 0.3) is 21.7 Å². The standard InChI is InChI=1S/C27H23F3N4O2/c28-27(29,30)17-4-6-18(7-5-17)34-12-10-33(11-13-34)15-23(35)31-21-8-9-22-25-20(21)14-16-2-1-3-19(24(16)25)26(36)32-22/h1-9H,10-15H2,(H,31,35)(H,32,36). The molecule has 1 aliphatic heterocycles. The number of H-pyrrole nitrogens is 1.